The van der Waals surface area contributed by atoms with Gasteiger partial charge in [0, 0.05) is 12.4 Å². The molecule has 0 aliphatic rings. The van der Waals surface area contributed by atoms with Gasteiger partial charge in [0.25, 0.3) is 5.91 Å². The monoisotopic (exact) mass is 378 g/mol. The van der Waals surface area contributed by atoms with Crippen LogP contribution in [0.1, 0.15) is 35.8 Å². The zero-order valence-corrected chi connectivity index (χ0v) is 16.0. The van der Waals surface area contributed by atoms with E-state index in [1.807, 2.05) is 18.2 Å². The summed E-state index contributed by atoms with van der Waals surface area (Å²) < 4.78 is 2.54. The Balaban J connectivity index is 1.70. The van der Waals surface area contributed by atoms with E-state index in [2.05, 4.69) is 35.3 Å². The second-order valence-corrected chi connectivity index (χ2v) is 7.70. The van der Waals surface area contributed by atoms with Crippen LogP contribution >= 0.6 is 11.3 Å². The number of fused-ring (bicyclic) bond motifs is 2. The first kappa shape index (κ1) is 17.4. The van der Waals surface area contributed by atoms with Crippen LogP contribution in [-0.4, -0.2) is 20.7 Å². The van der Waals surface area contributed by atoms with E-state index in [9.17, 15) is 9.59 Å². The van der Waals surface area contributed by atoms with Crippen LogP contribution in [-0.2, 0) is 7.05 Å². The average molecular weight is 378 g/mol. The fourth-order valence-corrected chi connectivity index (χ4v) is 3.89. The number of carbonyl (C=O) groups excluding carboxylic acids is 1. The molecule has 136 valence electrons. The first-order valence-corrected chi connectivity index (χ1v) is 9.43. The van der Waals surface area contributed by atoms with Gasteiger partial charge in [-0.15, -0.1) is 0 Å². The molecule has 4 rings (SSSR count). The van der Waals surface area contributed by atoms with E-state index in [1.54, 1.807) is 29.9 Å². The highest BCUT2D eigenvalue weighted by Gasteiger charge is 2.18. The Kier molecular flexibility index (Phi) is 4.24. The Labute approximate surface area is 159 Å². The van der Waals surface area contributed by atoms with Crippen LogP contribution in [0.25, 0.3) is 21.1 Å². The van der Waals surface area contributed by atoms with E-state index in [0.29, 0.717) is 22.0 Å². The van der Waals surface area contributed by atoms with Crippen LogP contribution in [0.2, 0.25) is 0 Å². The Hall–Kier alpha value is -3.06. The minimum absolute atomic E-state index is 0.140. The summed E-state index contributed by atoms with van der Waals surface area (Å²) in [5, 5.41) is 7.79. The molecule has 0 saturated heterocycles. The third-order valence-corrected chi connectivity index (χ3v) is 5.41. The maximum absolute atomic E-state index is 12.7. The highest BCUT2D eigenvalue weighted by atomic mass is 32.1. The molecule has 1 amide bonds. The van der Waals surface area contributed by atoms with Gasteiger partial charge in [-0.2, -0.15) is 5.10 Å². The van der Waals surface area contributed by atoms with Gasteiger partial charge < -0.3 is 0 Å². The van der Waals surface area contributed by atoms with Gasteiger partial charge in [0.2, 0.25) is 5.43 Å². The average Bonchev–Trinajstić information content (AvgIpc) is 3.05. The Morgan fingerprint density at radius 3 is 2.74 bits per heavy atom. The minimum atomic E-state index is -0.551. The first-order chi connectivity index (χ1) is 12.9. The number of amides is 1. The quantitative estimate of drug-likeness (QED) is 0.586. The molecule has 2 aromatic heterocycles. The Morgan fingerprint density at radius 2 is 1.96 bits per heavy atom. The van der Waals surface area contributed by atoms with Gasteiger partial charge in [0.15, 0.2) is 10.8 Å². The number of nitrogens with zero attached hydrogens (tertiary/aromatic N) is 3. The van der Waals surface area contributed by atoms with Gasteiger partial charge in [-0.1, -0.05) is 43.4 Å². The summed E-state index contributed by atoms with van der Waals surface area (Å²) in [5.74, 6) is -0.135. The van der Waals surface area contributed by atoms with Crippen LogP contribution < -0.4 is 10.7 Å². The molecule has 2 heterocycles. The Bertz CT molecular complexity index is 1240. The van der Waals surface area contributed by atoms with Crippen LogP contribution in [0.3, 0.4) is 0 Å². The zero-order chi connectivity index (χ0) is 19.1. The van der Waals surface area contributed by atoms with Crippen LogP contribution in [0.5, 0.6) is 0 Å². The predicted octanol–water partition coefficient (Wildman–Crippen LogP) is 3.92. The molecule has 0 fully saturated rings. The van der Waals surface area contributed by atoms with E-state index in [1.165, 1.54) is 16.9 Å². The SMILES string of the molecule is CC(C)c1ccc2nc(NC(=O)c3nn(C)c4ccccc4c3=O)sc2c1. The number of anilines is 1. The molecule has 0 saturated carbocycles. The first-order valence-electron chi connectivity index (χ1n) is 8.62. The molecule has 6 nitrogen and oxygen atoms in total. The van der Waals surface area contributed by atoms with Crippen molar-refractivity contribution in [3.63, 3.8) is 0 Å². The summed E-state index contributed by atoms with van der Waals surface area (Å²) in [6.45, 7) is 4.26. The lowest BCUT2D eigenvalue weighted by atomic mass is 10.0. The highest BCUT2D eigenvalue weighted by molar-refractivity contribution is 7.22. The van der Waals surface area contributed by atoms with Crippen LogP contribution in [0.15, 0.2) is 47.3 Å². The molecule has 0 unspecified atom stereocenters. The van der Waals surface area contributed by atoms with Gasteiger partial charge in [-0.05, 0) is 35.7 Å². The van der Waals surface area contributed by atoms with Crippen LogP contribution in [0, 0.1) is 0 Å². The molecular formula is C20H18N4O2S. The number of rotatable bonds is 3. The third kappa shape index (κ3) is 3.10. The van der Waals surface area contributed by atoms with Crippen molar-refractivity contribution in [1.29, 1.82) is 0 Å². The molecule has 0 bridgehead atoms. The van der Waals surface area contributed by atoms with Crippen molar-refractivity contribution in [3.8, 4) is 0 Å². The summed E-state index contributed by atoms with van der Waals surface area (Å²) >= 11 is 1.39. The molecule has 1 N–H and O–H groups in total. The Morgan fingerprint density at radius 1 is 1.19 bits per heavy atom. The highest BCUT2D eigenvalue weighted by Crippen LogP contribution is 2.29. The number of aryl methyl sites for hydroxylation is 1. The minimum Gasteiger partial charge on any atom is -0.296 e. The summed E-state index contributed by atoms with van der Waals surface area (Å²) in [6.07, 6.45) is 0. The molecule has 4 aromatic rings. The lowest BCUT2D eigenvalue weighted by Crippen LogP contribution is -2.26. The summed E-state index contributed by atoms with van der Waals surface area (Å²) in [7, 11) is 1.71. The fourth-order valence-electron chi connectivity index (χ4n) is 2.98. The van der Waals surface area contributed by atoms with Gasteiger partial charge in [-0.3, -0.25) is 19.6 Å². The van der Waals surface area contributed by atoms with E-state index in [0.717, 1.165) is 10.2 Å². The third-order valence-electron chi connectivity index (χ3n) is 4.48. The topological polar surface area (TPSA) is 76.9 Å². The number of nitrogens with one attached hydrogen (secondary N) is 1. The molecule has 0 radical (unpaired) electrons. The van der Waals surface area contributed by atoms with E-state index >= 15 is 0 Å². The smallest absolute Gasteiger partial charge is 0.281 e. The molecule has 0 spiro atoms. The van der Waals surface area contributed by atoms with Crippen LogP contribution in [0.4, 0.5) is 5.13 Å². The lowest BCUT2D eigenvalue weighted by Gasteiger charge is -2.07. The molecule has 0 aliphatic carbocycles. The molecule has 0 aliphatic heterocycles. The van der Waals surface area contributed by atoms with Crippen molar-refractivity contribution in [2.24, 2.45) is 7.05 Å². The van der Waals surface area contributed by atoms with Crippen molar-refractivity contribution in [1.82, 2.24) is 14.8 Å². The second kappa shape index (κ2) is 6.59. The van der Waals surface area contributed by atoms with Crippen molar-refractivity contribution >= 4 is 43.5 Å². The normalized spacial score (nSPS) is 11.4. The van der Waals surface area contributed by atoms with Crippen molar-refractivity contribution < 1.29 is 4.79 Å². The van der Waals surface area contributed by atoms with Crippen molar-refractivity contribution in [2.45, 2.75) is 19.8 Å². The van der Waals surface area contributed by atoms with Gasteiger partial charge >= 0.3 is 0 Å². The van der Waals surface area contributed by atoms with Gasteiger partial charge in [0.1, 0.15) is 0 Å². The number of aromatic nitrogens is 3. The number of hydrogen-bond donors (Lipinski definition) is 1. The molecule has 7 heteroatoms. The van der Waals surface area contributed by atoms with Crippen molar-refractivity contribution in [3.05, 3.63) is 63.9 Å². The van der Waals surface area contributed by atoms with E-state index in [-0.39, 0.29) is 11.1 Å². The number of benzene rings is 2. The van der Waals surface area contributed by atoms with E-state index < -0.39 is 5.91 Å². The standard InChI is InChI=1S/C20H18N4O2S/c1-11(2)12-8-9-14-16(10-12)27-20(21-14)22-19(26)17-18(25)13-6-4-5-7-15(13)24(3)23-17/h4-11H,1-3H3,(H,21,22,26). The summed E-state index contributed by atoms with van der Waals surface area (Å²) in [4.78, 5) is 29.8. The maximum Gasteiger partial charge on any atom is 0.281 e. The second-order valence-electron chi connectivity index (χ2n) is 6.67. The maximum atomic E-state index is 12.7. The van der Waals surface area contributed by atoms with Crippen molar-refractivity contribution in [2.75, 3.05) is 5.32 Å². The summed E-state index contributed by atoms with van der Waals surface area (Å²) in [5.41, 5.74) is 2.19. The molecule has 27 heavy (non-hydrogen) atoms. The number of thiazole rings is 1. The largest absolute Gasteiger partial charge is 0.296 e. The number of carbonyl (C=O) groups is 1. The molecular weight excluding hydrogens is 360 g/mol. The fraction of sp³-hybridized carbons (Fsp3) is 0.200. The van der Waals surface area contributed by atoms with E-state index in [4.69, 9.17) is 0 Å². The molecule has 0 atom stereocenters. The van der Waals surface area contributed by atoms with Gasteiger partial charge in [-0.25, -0.2) is 4.98 Å². The summed E-state index contributed by atoms with van der Waals surface area (Å²) in [6, 6.07) is 13.2. The van der Waals surface area contributed by atoms with Gasteiger partial charge in [0.05, 0.1) is 15.7 Å². The number of hydrogen-bond acceptors (Lipinski definition) is 5. The zero-order valence-electron chi connectivity index (χ0n) is 15.2. The predicted molar refractivity (Wildman–Crippen MR) is 109 cm³/mol. The molecule has 2 aromatic carbocycles. The number of para-hydroxylation sites is 1. The lowest BCUT2D eigenvalue weighted by molar-refractivity contribution is 0.101.